The number of nitrogens with zero attached hydrogens (tertiary/aromatic N) is 2. The molecular formula is C15H11N3O. The predicted octanol–water partition coefficient (Wildman–Crippen LogP) is 2.25. The first-order valence-electron chi connectivity index (χ1n) is 5.94. The van der Waals surface area contributed by atoms with Crippen LogP contribution in [-0.2, 0) is 6.54 Å². The van der Waals surface area contributed by atoms with Crippen LogP contribution in [0.1, 0.15) is 11.1 Å². The summed E-state index contributed by atoms with van der Waals surface area (Å²) in [4.78, 5) is 14.7. The average Bonchev–Trinajstić information content (AvgIpc) is 2.76. The van der Waals surface area contributed by atoms with E-state index in [9.17, 15) is 4.79 Å². The largest absolute Gasteiger partial charge is 0.326 e. The standard InChI is InChI=1S/C15H11N3O/c16-9-11-5-7-12(8-6-11)10-18-14-4-2-1-3-13(14)17-15(18)19/h1-8H,10H2,(H,17,19). The molecule has 0 atom stereocenters. The van der Waals surface area contributed by atoms with Gasteiger partial charge in [-0.3, -0.25) is 4.57 Å². The number of nitriles is 1. The molecule has 4 nitrogen and oxygen atoms in total. The first-order valence-corrected chi connectivity index (χ1v) is 5.94. The van der Waals surface area contributed by atoms with Crippen molar-refractivity contribution in [3.63, 3.8) is 0 Å². The normalized spacial score (nSPS) is 10.5. The topological polar surface area (TPSA) is 61.6 Å². The Kier molecular flexibility index (Phi) is 2.66. The predicted molar refractivity (Wildman–Crippen MR) is 72.8 cm³/mol. The molecule has 4 heteroatoms. The van der Waals surface area contributed by atoms with Gasteiger partial charge < -0.3 is 4.98 Å². The van der Waals surface area contributed by atoms with Crippen LogP contribution in [-0.4, -0.2) is 9.55 Å². The third-order valence-corrected chi connectivity index (χ3v) is 3.11. The molecule has 0 spiro atoms. The number of fused-ring (bicyclic) bond motifs is 1. The molecule has 0 fully saturated rings. The van der Waals surface area contributed by atoms with Crippen LogP contribution < -0.4 is 5.69 Å². The summed E-state index contributed by atoms with van der Waals surface area (Å²) < 4.78 is 1.69. The SMILES string of the molecule is N#Cc1ccc(Cn2c(=O)[nH]c3ccccc32)cc1. The van der Waals surface area contributed by atoms with Gasteiger partial charge in [0, 0.05) is 0 Å². The number of H-pyrrole nitrogens is 1. The van der Waals surface area contributed by atoms with Gasteiger partial charge in [-0.05, 0) is 29.8 Å². The Hall–Kier alpha value is -2.80. The van der Waals surface area contributed by atoms with Gasteiger partial charge in [-0.25, -0.2) is 4.79 Å². The van der Waals surface area contributed by atoms with E-state index in [0.717, 1.165) is 16.6 Å². The Bertz CT molecular complexity index is 819. The van der Waals surface area contributed by atoms with Crippen molar-refractivity contribution in [2.45, 2.75) is 6.54 Å². The molecule has 19 heavy (non-hydrogen) atoms. The molecule has 0 unspecified atom stereocenters. The molecule has 3 aromatic rings. The molecule has 0 saturated heterocycles. The van der Waals surface area contributed by atoms with E-state index in [1.807, 2.05) is 36.4 Å². The van der Waals surface area contributed by atoms with Crippen LogP contribution in [0.25, 0.3) is 11.0 Å². The van der Waals surface area contributed by atoms with E-state index in [1.165, 1.54) is 0 Å². The molecule has 0 aliphatic heterocycles. The highest BCUT2D eigenvalue weighted by Gasteiger charge is 2.06. The minimum atomic E-state index is -0.120. The first-order chi connectivity index (χ1) is 9.28. The highest BCUT2D eigenvalue weighted by molar-refractivity contribution is 5.75. The number of aromatic amines is 1. The Labute approximate surface area is 109 Å². The van der Waals surface area contributed by atoms with Crippen molar-refractivity contribution in [3.05, 3.63) is 70.1 Å². The van der Waals surface area contributed by atoms with Gasteiger partial charge in [-0.2, -0.15) is 5.26 Å². The molecule has 0 saturated carbocycles. The molecule has 1 aromatic heterocycles. The zero-order valence-electron chi connectivity index (χ0n) is 10.1. The van der Waals surface area contributed by atoms with Crippen LogP contribution in [0.2, 0.25) is 0 Å². The minimum Gasteiger partial charge on any atom is -0.306 e. The molecule has 3 rings (SSSR count). The highest BCUT2D eigenvalue weighted by Crippen LogP contribution is 2.11. The maximum absolute atomic E-state index is 11.9. The molecule has 92 valence electrons. The monoisotopic (exact) mass is 249 g/mol. The Morgan fingerprint density at radius 3 is 2.58 bits per heavy atom. The van der Waals surface area contributed by atoms with Crippen molar-refractivity contribution in [3.8, 4) is 6.07 Å². The number of hydrogen-bond acceptors (Lipinski definition) is 2. The highest BCUT2D eigenvalue weighted by atomic mass is 16.1. The van der Waals surface area contributed by atoms with E-state index in [2.05, 4.69) is 11.1 Å². The third-order valence-electron chi connectivity index (χ3n) is 3.11. The number of para-hydroxylation sites is 2. The Morgan fingerprint density at radius 1 is 1.11 bits per heavy atom. The maximum atomic E-state index is 11.9. The lowest BCUT2D eigenvalue weighted by Crippen LogP contribution is -2.17. The second kappa shape index (κ2) is 4.46. The van der Waals surface area contributed by atoms with Gasteiger partial charge in [0.25, 0.3) is 0 Å². The van der Waals surface area contributed by atoms with E-state index in [0.29, 0.717) is 12.1 Å². The van der Waals surface area contributed by atoms with Gasteiger partial charge in [0.05, 0.1) is 29.2 Å². The van der Waals surface area contributed by atoms with E-state index < -0.39 is 0 Å². The molecule has 0 aliphatic carbocycles. The van der Waals surface area contributed by atoms with E-state index in [4.69, 9.17) is 5.26 Å². The molecule has 0 amide bonds. The van der Waals surface area contributed by atoms with Crippen LogP contribution >= 0.6 is 0 Å². The van der Waals surface area contributed by atoms with Crippen LogP contribution in [0.3, 0.4) is 0 Å². The van der Waals surface area contributed by atoms with Gasteiger partial charge >= 0.3 is 5.69 Å². The fraction of sp³-hybridized carbons (Fsp3) is 0.0667. The average molecular weight is 249 g/mol. The maximum Gasteiger partial charge on any atom is 0.326 e. The Morgan fingerprint density at radius 2 is 1.84 bits per heavy atom. The van der Waals surface area contributed by atoms with E-state index in [1.54, 1.807) is 16.7 Å². The molecule has 0 radical (unpaired) electrons. The van der Waals surface area contributed by atoms with E-state index in [-0.39, 0.29) is 5.69 Å². The van der Waals surface area contributed by atoms with Gasteiger partial charge in [0.15, 0.2) is 0 Å². The zero-order valence-corrected chi connectivity index (χ0v) is 10.1. The van der Waals surface area contributed by atoms with Crippen LogP contribution in [0.15, 0.2) is 53.3 Å². The number of nitrogens with one attached hydrogen (secondary N) is 1. The minimum absolute atomic E-state index is 0.120. The van der Waals surface area contributed by atoms with Crippen LogP contribution in [0.5, 0.6) is 0 Å². The zero-order chi connectivity index (χ0) is 13.2. The fourth-order valence-electron chi connectivity index (χ4n) is 2.13. The van der Waals surface area contributed by atoms with Crippen LogP contribution in [0.4, 0.5) is 0 Å². The van der Waals surface area contributed by atoms with E-state index >= 15 is 0 Å². The van der Waals surface area contributed by atoms with Gasteiger partial charge in [0.2, 0.25) is 0 Å². The lowest BCUT2D eigenvalue weighted by atomic mass is 10.1. The van der Waals surface area contributed by atoms with Crippen molar-refractivity contribution in [1.82, 2.24) is 9.55 Å². The van der Waals surface area contributed by atoms with Crippen molar-refractivity contribution >= 4 is 11.0 Å². The van der Waals surface area contributed by atoms with Crippen molar-refractivity contribution in [2.75, 3.05) is 0 Å². The summed E-state index contributed by atoms with van der Waals surface area (Å²) in [6.45, 7) is 0.495. The molecule has 1 N–H and O–H groups in total. The van der Waals surface area contributed by atoms with Crippen molar-refractivity contribution in [1.29, 1.82) is 5.26 Å². The molecule has 2 aromatic carbocycles. The number of imidazole rings is 1. The lowest BCUT2D eigenvalue weighted by Gasteiger charge is -2.03. The van der Waals surface area contributed by atoms with Gasteiger partial charge in [-0.15, -0.1) is 0 Å². The summed E-state index contributed by atoms with van der Waals surface area (Å²) >= 11 is 0. The molecule has 1 heterocycles. The van der Waals surface area contributed by atoms with Crippen molar-refractivity contribution < 1.29 is 0 Å². The summed E-state index contributed by atoms with van der Waals surface area (Å²) in [6, 6.07) is 16.9. The second-order valence-electron chi connectivity index (χ2n) is 4.34. The smallest absolute Gasteiger partial charge is 0.306 e. The summed E-state index contributed by atoms with van der Waals surface area (Å²) in [5.74, 6) is 0. The quantitative estimate of drug-likeness (QED) is 0.757. The molecular weight excluding hydrogens is 238 g/mol. The third kappa shape index (κ3) is 2.02. The summed E-state index contributed by atoms with van der Waals surface area (Å²) in [7, 11) is 0. The number of benzene rings is 2. The summed E-state index contributed by atoms with van der Waals surface area (Å²) in [5.41, 5.74) is 3.21. The van der Waals surface area contributed by atoms with Gasteiger partial charge in [-0.1, -0.05) is 24.3 Å². The second-order valence-corrected chi connectivity index (χ2v) is 4.34. The lowest BCUT2D eigenvalue weighted by molar-refractivity contribution is 0.787. The fourth-order valence-corrected chi connectivity index (χ4v) is 2.13. The number of rotatable bonds is 2. The van der Waals surface area contributed by atoms with Crippen LogP contribution in [0, 0.1) is 11.3 Å². The molecule has 0 aliphatic rings. The molecule has 0 bridgehead atoms. The first kappa shape index (κ1) is 11.3. The van der Waals surface area contributed by atoms with Crippen molar-refractivity contribution in [2.24, 2.45) is 0 Å². The summed E-state index contributed by atoms with van der Waals surface area (Å²) in [5, 5.41) is 8.76. The summed E-state index contributed by atoms with van der Waals surface area (Å²) in [6.07, 6.45) is 0. The van der Waals surface area contributed by atoms with Gasteiger partial charge in [0.1, 0.15) is 0 Å². The number of hydrogen-bond donors (Lipinski definition) is 1. The Balaban J connectivity index is 2.03. The number of aromatic nitrogens is 2.